The van der Waals surface area contributed by atoms with Crippen molar-refractivity contribution in [2.24, 2.45) is 0 Å². The van der Waals surface area contributed by atoms with E-state index in [1.165, 1.54) is 0 Å². The third-order valence-electron chi connectivity index (χ3n) is 5.70. The first kappa shape index (κ1) is 24.5. The second-order valence-corrected chi connectivity index (χ2v) is 9.48. The van der Waals surface area contributed by atoms with Gasteiger partial charge in [-0.1, -0.05) is 24.3 Å². The Balaban J connectivity index is 1.35. The number of rotatable bonds is 7. The zero-order valence-electron chi connectivity index (χ0n) is 19.5. The van der Waals surface area contributed by atoms with Gasteiger partial charge in [0.1, 0.15) is 12.3 Å². The first-order valence-electron chi connectivity index (χ1n) is 11.5. The van der Waals surface area contributed by atoms with Gasteiger partial charge in [0.2, 0.25) is 5.91 Å². The summed E-state index contributed by atoms with van der Waals surface area (Å²) in [5.74, 6) is -0.514. The molecule has 1 N–H and O–H groups in total. The topological polar surface area (TPSA) is 96.0 Å². The molecule has 0 atom stereocenters. The molecule has 4 amide bonds. The number of aryl methyl sites for hydroxylation is 1. The lowest BCUT2D eigenvalue weighted by molar-refractivity contribution is -0.136. The van der Waals surface area contributed by atoms with Crippen LogP contribution in [0.5, 0.6) is 5.75 Å². The van der Waals surface area contributed by atoms with Crippen molar-refractivity contribution in [3.05, 3.63) is 64.6 Å². The summed E-state index contributed by atoms with van der Waals surface area (Å²) in [5.41, 5.74) is 2.38. The van der Waals surface area contributed by atoms with Gasteiger partial charge in [-0.25, -0.2) is 0 Å². The molecule has 0 spiro atoms. The molecule has 4 rings (SSSR count). The van der Waals surface area contributed by atoms with Gasteiger partial charge in [0.25, 0.3) is 17.1 Å². The lowest BCUT2D eigenvalue weighted by atomic mass is 10.1. The van der Waals surface area contributed by atoms with E-state index in [0.717, 1.165) is 41.5 Å². The Hall–Kier alpha value is -3.59. The summed E-state index contributed by atoms with van der Waals surface area (Å²) in [4.78, 5) is 52.9. The number of hydrogen-bond donors (Lipinski definition) is 1. The van der Waals surface area contributed by atoms with Gasteiger partial charge in [-0.05, 0) is 79.4 Å². The maximum Gasteiger partial charge on any atom is 0.294 e. The second-order valence-electron chi connectivity index (χ2n) is 8.49. The minimum absolute atomic E-state index is 0.174. The number of hydrogen-bond acceptors (Lipinski definition) is 6. The number of ether oxygens (including phenoxy) is 1. The number of piperidine rings is 1. The van der Waals surface area contributed by atoms with Gasteiger partial charge in [-0.3, -0.25) is 24.1 Å². The fraction of sp³-hybridized carbons (Fsp3) is 0.308. The van der Waals surface area contributed by atoms with Crippen LogP contribution in [-0.2, 0) is 14.4 Å². The van der Waals surface area contributed by atoms with E-state index in [2.05, 4.69) is 5.32 Å². The summed E-state index contributed by atoms with van der Waals surface area (Å²) in [6.45, 7) is 2.87. The van der Waals surface area contributed by atoms with E-state index in [9.17, 15) is 19.2 Å². The number of carbonyl (C=O) groups excluding carboxylic acids is 4. The molecule has 8 nitrogen and oxygen atoms in total. The summed E-state index contributed by atoms with van der Waals surface area (Å²) >= 11 is 0.815. The maximum atomic E-state index is 12.8. The van der Waals surface area contributed by atoms with Crippen LogP contribution in [0.3, 0.4) is 0 Å². The molecule has 0 aliphatic carbocycles. The normalized spacial score (nSPS) is 17.1. The van der Waals surface area contributed by atoms with Crippen molar-refractivity contribution in [2.45, 2.75) is 26.2 Å². The molecular formula is C26H27N3O5S. The highest BCUT2D eigenvalue weighted by Crippen LogP contribution is 2.32. The molecule has 0 bridgehead atoms. The summed E-state index contributed by atoms with van der Waals surface area (Å²) in [5, 5.41) is 2.33. The maximum absolute atomic E-state index is 12.8. The molecule has 0 saturated carbocycles. The van der Waals surface area contributed by atoms with E-state index >= 15 is 0 Å². The number of anilines is 1. The third-order valence-corrected chi connectivity index (χ3v) is 6.61. The Bertz CT molecular complexity index is 1170. The molecule has 35 heavy (non-hydrogen) atoms. The van der Waals surface area contributed by atoms with Crippen LogP contribution in [0.1, 0.15) is 30.4 Å². The van der Waals surface area contributed by atoms with Crippen LogP contribution in [0.15, 0.2) is 53.4 Å². The van der Waals surface area contributed by atoms with E-state index in [1.54, 1.807) is 41.3 Å². The van der Waals surface area contributed by atoms with Crippen LogP contribution in [-0.4, -0.2) is 59.0 Å². The van der Waals surface area contributed by atoms with Crippen molar-refractivity contribution in [2.75, 3.05) is 31.6 Å². The van der Waals surface area contributed by atoms with Crippen molar-refractivity contribution in [3.63, 3.8) is 0 Å². The number of carbonyl (C=O) groups is 4. The number of nitrogens with one attached hydrogen (secondary N) is 1. The van der Waals surface area contributed by atoms with E-state index in [-0.39, 0.29) is 29.9 Å². The number of imide groups is 1. The summed E-state index contributed by atoms with van der Waals surface area (Å²) in [7, 11) is 0. The molecule has 182 valence electrons. The Labute approximate surface area is 208 Å². The van der Waals surface area contributed by atoms with E-state index in [0.29, 0.717) is 30.1 Å². The number of amides is 4. The van der Waals surface area contributed by atoms with E-state index in [4.69, 9.17) is 4.74 Å². The number of thioether (sulfide) groups is 1. The first-order chi connectivity index (χ1) is 16.9. The smallest absolute Gasteiger partial charge is 0.294 e. The first-order valence-corrected chi connectivity index (χ1v) is 12.3. The average molecular weight is 494 g/mol. The molecule has 2 aliphatic rings. The fourth-order valence-electron chi connectivity index (χ4n) is 3.93. The zero-order chi connectivity index (χ0) is 24.8. The lowest BCUT2D eigenvalue weighted by Gasteiger charge is -2.27. The van der Waals surface area contributed by atoms with Crippen LogP contribution in [0.25, 0.3) is 6.08 Å². The van der Waals surface area contributed by atoms with E-state index in [1.807, 2.05) is 25.1 Å². The highest BCUT2D eigenvalue weighted by molar-refractivity contribution is 8.18. The van der Waals surface area contributed by atoms with Gasteiger partial charge in [-0.15, -0.1) is 0 Å². The molecule has 2 fully saturated rings. The number of likely N-dealkylation sites (tertiary alicyclic amines) is 1. The van der Waals surface area contributed by atoms with Crippen LogP contribution >= 0.6 is 11.8 Å². The Morgan fingerprint density at radius 3 is 2.60 bits per heavy atom. The van der Waals surface area contributed by atoms with Gasteiger partial charge in [0, 0.05) is 18.8 Å². The van der Waals surface area contributed by atoms with Gasteiger partial charge in [0.05, 0.1) is 4.91 Å². The highest BCUT2D eigenvalue weighted by Gasteiger charge is 2.37. The minimum atomic E-state index is -0.478. The Morgan fingerprint density at radius 2 is 1.83 bits per heavy atom. The minimum Gasteiger partial charge on any atom is -0.484 e. The van der Waals surface area contributed by atoms with Crippen LogP contribution < -0.4 is 10.1 Å². The van der Waals surface area contributed by atoms with E-state index < -0.39 is 11.1 Å². The Morgan fingerprint density at radius 1 is 1.06 bits per heavy atom. The summed E-state index contributed by atoms with van der Waals surface area (Å²) in [6.07, 6.45) is 4.57. The van der Waals surface area contributed by atoms with Crippen molar-refractivity contribution >= 4 is 46.5 Å². The molecule has 2 saturated heterocycles. The summed E-state index contributed by atoms with van der Waals surface area (Å²) < 4.78 is 5.60. The lowest BCUT2D eigenvalue weighted by Crippen LogP contribution is -2.44. The van der Waals surface area contributed by atoms with Gasteiger partial charge < -0.3 is 15.0 Å². The molecule has 0 aromatic heterocycles. The van der Waals surface area contributed by atoms with Crippen molar-refractivity contribution in [3.8, 4) is 5.75 Å². The summed E-state index contributed by atoms with van der Waals surface area (Å²) in [6, 6.07) is 14.4. The van der Waals surface area contributed by atoms with Crippen LogP contribution in [0.2, 0.25) is 0 Å². The second kappa shape index (κ2) is 11.2. The third kappa shape index (κ3) is 6.51. The number of benzene rings is 2. The quantitative estimate of drug-likeness (QED) is 0.585. The molecule has 0 radical (unpaired) electrons. The largest absolute Gasteiger partial charge is 0.484 e. The molecule has 2 aromatic rings. The average Bonchev–Trinajstić information content (AvgIpc) is 3.11. The molecule has 9 heteroatoms. The van der Waals surface area contributed by atoms with Crippen LogP contribution in [0, 0.1) is 6.92 Å². The molecular weight excluding hydrogens is 466 g/mol. The van der Waals surface area contributed by atoms with Crippen molar-refractivity contribution < 1.29 is 23.9 Å². The number of nitrogens with zero attached hydrogens (tertiary/aromatic N) is 2. The zero-order valence-corrected chi connectivity index (χ0v) is 20.3. The fourth-order valence-corrected chi connectivity index (χ4v) is 4.77. The van der Waals surface area contributed by atoms with Crippen molar-refractivity contribution in [1.29, 1.82) is 0 Å². The van der Waals surface area contributed by atoms with Crippen LogP contribution in [0.4, 0.5) is 10.5 Å². The standard InChI is InChI=1S/C26H27N3O5S/c1-18-7-5-9-20(13-18)27-23(30)17-34-21-10-6-8-19(14-21)15-22-25(32)29(26(33)35-22)16-24(31)28-11-3-2-4-12-28/h5-10,13-15H,2-4,11-12,16-17H2,1H3,(H,27,30)/b22-15-. The monoisotopic (exact) mass is 493 g/mol. The SMILES string of the molecule is Cc1cccc(NC(=O)COc2cccc(/C=C3\SC(=O)N(CC(=O)N4CCCCC4)C3=O)c2)c1. The Kier molecular flexibility index (Phi) is 7.87. The van der Waals surface area contributed by atoms with Crippen molar-refractivity contribution in [1.82, 2.24) is 9.80 Å². The molecule has 2 aliphatic heterocycles. The van der Waals surface area contributed by atoms with Gasteiger partial charge in [-0.2, -0.15) is 0 Å². The van der Waals surface area contributed by atoms with Gasteiger partial charge >= 0.3 is 0 Å². The van der Waals surface area contributed by atoms with Gasteiger partial charge in [0.15, 0.2) is 6.61 Å². The highest BCUT2D eigenvalue weighted by atomic mass is 32.2. The molecule has 2 heterocycles. The molecule has 2 aromatic carbocycles. The predicted molar refractivity (Wildman–Crippen MR) is 135 cm³/mol. The predicted octanol–water partition coefficient (Wildman–Crippen LogP) is 4.06. The molecule has 0 unspecified atom stereocenters.